The molecule has 3 aromatic carbocycles. The molecule has 0 saturated carbocycles. The number of rotatable bonds is 6. The van der Waals surface area contributed by atoms with Gasteiger partial charge in [0.25, 0.3) is 5.91 Å². The van der Waals surface area contributed by atoms with E-state index in [1.54, 1.807) is 30.3 Å². The molecule has 3 rings (SSSR count). The molecule has 0 aromatic heterocycles. The first-order valence-corrected chi connectivity index (χ1v) is 11.2. The van der Waals surface area contributed by atoms with Crippen LogP contribution < -0.4 is 10.2 Å². The minimum atomic E-state index is -0.350. The summed E-state index contributed by atoms with van der Waals surface area (Å²) in [7, 11) is 0. The number of phenolic OH excluding ortho intramolecular Hbond substituents is 1. The van der Waals surface area contributed by atoms with Crippen molar-refractivity contribution >= 4 is 59.9 Å². The summed E-state index contributed by atoms with van der Waals surface area (Å²) in [6.45, 7) is 2.37. The third kappa shape index (κ3) is 5.93. The van der Waals surface area contributed by atoms with Gasteiger partial charge in [-0.25, -0.2) is 5.43 Å². The summed E-state index contributed by atoms with van der Waals surface area (Å²) in [6, 6.07) is 16.0. The summed E-state index contributed by atoms with van der Waals surface area (Å²) in [5, 5.41) is 13.7. The lowest BCUT2D eigenvalue weighted by Gasteiger charge is -2.11. The number of carbonyl (C=O) groups excluding carboxylic acids is 1. The largest absolute Gasteiger partial charge is 0.507 e. The van der Waals surface area contributed by atoms with Crippen molar-refractivity contribution in [2.75, 3.05) is 0 Å². The van der Waals surface area contributed by atoms with Crippen molar-refractivity contribution in [1.82, 2.24) is 5.43 Å². The van der Waals surface area contributed by atoms with Crippen LogP contribution in [0.15, 0.2) is 73.1 Å². The van der Waals surface area contributed by atoms with Crippen molar-refractivity contribution in [2.24, 2.45) is 5.10 Å². The number of amides is 1. The Morgan fingerprint density at radius 2 is 1.73 bits per heavy atom. The highest BCUT2D eigenvalue weighted by molar-refractivity contribution is 9.11. The van der Waals surface area contributed by atoms with E-state index in [0.29, 0.717) is 17.7 Å². The molecule has 0 heterocycles. The van der Waals surface area contributed by atoms with E-state index in [9.17, 15) is 9.90 Å². The molecule has 0 bridgehead atoms. The van der Waals surface area contributed by atoms with Gasteiger partial charge in [0, 0.05) is 15.6 Å². The van der Waals surface area contributed by atoms with Crippen LogP contribution in [-0.2, 0) is 6.61 Å². The monoisotopic (exact) mass is 594 g/mol. The van der Waals surface area contributed by atoms with Gasteiger partial charge in [-0.3, -0.25) is 4.79 Å². The van der Waals surface area contributed by atoms with E-state index >= 15 is 0 Å². The van der Waals surface area contributed by atoms with Crippen molar-refractivity contribution in [3.63, 3.8) is 0 Å². The van der Waals surface area contributed by atoms with Crippen LogP contribution in [0.2, 0.25) is 0 Å². The SMILES string of the molecule is Cc1cc(Br)c(OCc2ccc(C(=O)N/N=C\c3cc(Br)ccc3O)cc2)c(Br)c1. The van der Waals surface area contributed by atoms with E-state index in [2.05, 4.69) is 58.3 Å². The first-order chi connectivity index (χ1) is 14.3. The van der Waals surface area contributed by atoms with Crippen LogP contribution in [0.3, 0.4) is 0 Å². The Balaban J connectivity index is 1.59. The van der Waals surface area contributed by atoms with Crippen LogP contribution >= 0.6 is 47.8 Å². The van der Waals surface area contributed by atoms with E-state index in [1.165, 1.54) is 6.21 Å². The number of hydrogen-bond donors (Lipinski definition) is 2. The Morgan fingerprint density at radius 1 is 1.07 bits per heavy atom. The van der Waals surface area contributed by atoms with Gasteiger partial charge in [0.1, 0.15) is 18.1 Å². The first kappa shape index (κ1) is 22.5. The predicted octanol–water partition coefficient (Wildman–Crippen LogP) is 6.33. The van der Waals surface area contributed by atoms with Gasteiger partial charge in [-0.1, -0.05) is 28.1 Å². The zero-order chi connectivity index (χ0) is 21.7. The third-order valence-corrected chi connectivity index (χ3v) is 5.77. The van der Waals surface area contributed by atoms with Gasteiger partial charge >= 0.3 is 0 Å². The van der Waals surface area contributed by atoms with Gasteiger partial charge in [-0.15, -0.1) is 0 Å². The summed E-state index contributed by atoms with van der Waals surface area (Å²) in [6.07, 6.45) is 1.39. The van der Waals surface area contributed by atoms with Gasteiger partial charge in [0.15, 0.2) is 0 Å². The molecule has 0 unspecified atom stereocenters. The summed E-state index contributed by atoms with van der Waals surface area (Å²) in [5.41, 5.74) is 5.45. The van der Waals surface area contributed by atoms with Crippen molar-refractivity contribution in [2.45, 2.75) is 13.5 Å². The summed E-state index contributed by atoms with van der Waals surface area (Å²) in [5.74, 6) is 0.456. The lowest BCUT2D eigenvalue weighted by Crippen LogP contribution is -2.17. The molecule has 0 aliphatic rings. The average Bonchev–Trinajstić information content (AvgIpc) is 2.70. The first-order valence-electron chi connectivity index (χ1n) is 8.83. The Kier molecular flexibility index (Phi) is 7.69. The van der Waals surface area contributed by atoms with Crippen LogP contribution in [-0.4, -0.2) is 17.2 Å². The molecule has 8 heteroatoms. The van der Waals surface area contributed by atoms with Gasteiger partial charge in [0.05, 0.1) is 15.2 Å². The molecule has 1 amide bonds. The maximum Gasteiger partial charge on any atom is 0.271 e. The van der Waals surface area contributed by atoms with E-state index < -0.39 is 0 Å². The molecule has 5 nitrogen and oxygen atoms in total. The lowest BCUT2D eigenvalue weighted by molar-refractivity contribution is 0.0955. The molecule has 0 atom stereocenters. The minimum Gasteiger partial charge on any atom is -0.507 e. The second-order valence-electron chi connectivity index (χ2n) is 6.45. The van der Waals surface area contributed by atoms with Crippen molar-refractivity contribution in [3.05, 3.63) is 90.3 Å². The summed E-state index contributed by atoms with van der Waals surface area (Å²) in [4.78, 5) is 12.3. The number of hydrogen-bond acceptors (Lipinski definition) is 4. The second-order valence-corrected chi connectivity index (χ2v) is 9.07. The van der Waals surface area contributed by atoms with E-state index in [4.69, 9.17) is 4.74 Å². The highest BCUT2D eigenvalue weighted by Gasteiger charge is 2.09. The molecule has 154 valence electrons. The molecule has 0 spiro atoms. The number of carbonyl (C=O) groups is 1. The zero-order valence-corrected chi connectivity index (χ0v) is 20.6. The van der Waals surface area contributed by atoms with E-state index in [0.717, 1.165) is 30.3 Å². The number of benzene rings is 3. The second kappa shape index (κ2) is 10.2. The Hall–Kier alpha value is -2.16. The quantitative estimate of drug-likeness (QED) is 0.258. The fraction of sp³-hybridized carbons (Fsp3) is 0.0909. The number of phenols is 1. The maximum absolute atomic E-state index is 12.3. The number of hydrazone groups is 1. The standard InChI is InChI=1S/C22H17Br3N2O3/c1-13-8-18(24)21(19(25)9-13)30-12-14-2-4-15(5-3-14)22(29)27-26-11-16-10-17(23)6-7-20(16)28/h2-11,28H,12H2,1H3,(H,27,29)/b26-11-. The number of aryl methyl sites for hydroxylation is 1. The molecule has 0 radical (unpaired) electrons. The molecule has 2 N–H and O–H groups in total. The molecule has 0 fully saturated rings. The highest BCUT2D eigenvalue weighted by atomic mass is 79.9. The van der Waals surface area contributed by atoms with Gasteiger partial charge in [-0.05, 0) is 92.4 Å². The fourth-order valence-electron chi connectivity index (χ4n) is 2.59. The van der Waals surface area contributed by atoms with Gasteiger partial charge < -0.3 is 9.84 Å². The molecule has 3 aromatic rings. The average molecular weight is 597 g/mol. The molecule has 0 aliphatic carbocycles. The molecular formula is C22H17Br3N2O3. The Bertz CT molecular complexity index is 1080. The number of ether oxygens (including phenoxy) is 1. The van der Waals surface area contributed by atoms with Gasteiger partial charge in [-0.2, -0.15) is 5.10 Å². The van der Waals surface area contributed by atoms with Crippen LogP contribution in [0.25, 0.3) is 0 Å². The van der Waals surface area contributed by atoms with Crippen molar-refractivity contribution in [3.8, 4) is 11.5 Å². The number of nitrogens with one attached hydrogen (secondary N) is 1. The van der Waals surface area contributed by atoms with E-state index in [-0.39, 0.29) is 11.7 Å². The topological polar surface area (TPSA) is 70.9 Å². The predicted molar refractivity (Wildman–Crippen MR) is 128 cm³/mol. The Morgan fingerprint density at radius 3 is 2.40 bits per heavy atom. The zero-order valence-electron chi connectivity index (χ0n) is 15.8. The Labute approximate surface area is 199 Å². The number of halogens is 3. The molecule has 0 aliphatic heterocycles. The summed E-state index contributed by atoms with van der Waals surface area (Å²) >= 11 is 10.3. The highest BCUT2D eigenvalue weighted by Crippen LogP contribution is 2.35. The van der Waals surface area contributed by atoms with Gasteiger partial charge in [0.2, 0.25) is 0 Å². The minimum absolute atomic E-state index is 0.0763. The van der Waals surface area contributed by atoms with Crippen LogP contribution in [0.4, 0.5) is 0 Å². The number of aromatic hydroxyl groups is 1. The van der Waals surface area contributed by atoms with E-state index in [1.807, 2.05) is 31.2 Å². The normalized spacial score (nSPS) is 10.9. The maximum atomic E-state index is 12.3. The smallest absolute Gasteiger partial charge is 0.271 e. The van der Waals surface area contributed by atoms with Crippen molar-refractivity contribution < 1.29 is 14.6 Å². The third-order valence-electron chi connectivity index (χ3n) is 4.10. The van der Waals surface area contributed by atoms with Crippen LogP contribution in [0, 0.1) is 6.92 Å². The molecular weight excluding hydrogens is 580 g/mol. The van der Waals surface area contributed by atoms with Crippen molar-refractivity contribution in [1.29, 1.82) is 0 Å². The van der Waals surface area contributed by atoms with Crippen LogP contribution in [0.1, 0.15) is 27.0 Å². The lowest BCUT2D eigenvalue weighted by atomic mass is 10.1. The molecule has 30 heavy (non-hydrogen) atoms. The van der Waals surface area contributed by atoms with Crippen LogP contribution in [0.5, 0.6) is 11.5 Å². The number of nitrogens with zero attached hydrogens (tertiary/aromatic N) is 1. The fourth-order valence-corrected chi connectivity index (χ4v) is 4.61. The molecule has 0 saturated heterocycles. The summed E-state index contributed by atoms with van der Waals surface area (Å²) < 4.78 is 8.45.